The third-order valence-electron chi connectivity index (χ3n) is 6.64. The Morgan fingerprint density at radius 2 is 2.02 bits per heavy atom. The van der Waals surface area contributed by atoms with Gasteiger partial charge in [0.25, 0.3) is 11.8 Å². The van der Waals surface area contributed by atoms with Gasteiger partial charge >= 0.3 is 0 Å². The number of aromatic nitrogens is 4. The smallest absolute Gasteiger partial charge is 0.282 e. The lowest BCUT2D eigenvalue weighted by Crippen LogP contribution is -2.56. The molecule has 13 heteroatoms. The number of alkyl halides is 3. The number of pyridine rings is 2. The van der Waals surface area contributed by atoms with E-state index < -0.39 is 42.7 Å². The van der Waals surface area contributed by atoms with Crippen molar-refractivity contribution in [1.82, 2.24) is 24.9 Å². The van der Waals surface area contributed by atoms with Crippen molar-refractivity contribution in [2.24, 2.45) is 0 Å². The van der Waals surface area contributed by atoms with E-state index in [4.69, 9.17) is 0 Å². The summed E-state index contributed by atoms with van der Waals surface area (Å²) in [6, 6.07) is 11.7. The number of halogens is 3. The SMILES string of the molecule is C[C@@](O)(CNc1ccc(N2CC(F)(F)C2)nc1)[C@H](F)[C@H](NC(=O)c1cccnc1)c1ccc2cc(C#N)cnn12. The molecule has 0 aromatic carbocycles. The summed E-state index contributed by atoms with van der Waals surface area (Å²) in [6.45, 7) is 0.205. The van der Waals surface area contributed by atoms with Crippen molar-refractivity contribution in [2.45, 2.75) is 30.7 Å². The number of nitrogens with zero attached hydrogens (tertiary/aromatic N) is 6. The molecular weight excluding hydrogens is 525 g/mol. The van der Waals surface area contributed by atoms with Crippen molar-refractivity contribution in [2.75, 3.05) is 29.9 Å². The van der Waals surface area contributed by atoms with Crippen LogP contribution in [0.5, 0.6) is 0 Å². The minimum Gasteiger partial charge on any atom is -0.385 e. The second kappa shape index (κ2) is 10.5. The zero-order valence-electron chi connectivity index (χ0n) is 21.3. The highest BCUT2D eigenvalue weighted by molar-refractivity contribution is 5.94. The number of aliphatic hydroxyl groups is 1. The van der Waals surface area contributed by atoms with E-state index in [1.165, 1.54) is 47.2 Å². The zero-order chi connectivity index (χ0) is 28.5. The van der Waals surface area contributed by atoms with E-state index in [0.29, 0.717) is 22.6 Å². The van der Waals surface area contributed by atoms with Crippen molar-refractivity contribution in [3.05, 3.63) is 84.1 Å². The fourth-order valence-corrected chi connectivity index (χ4v) is 4.42. The average Bonchev–Trinajstić information content (AvgIpc) is 3.36. The lowest BCUT2D eigenvalue weighted by atomic mass is 9.92. The van der Waals surface area contributed by atoms with E-state index >= 15 is 4.39 Å². The molecule has 4 aromatic heterocycles. The van der Waals surface area contributed by atoms with Crippen LogP contribution in [0, 0.1) is 11.3 Å². The summed E-state index contributed by atoms with van der Waals surface area (Å²) in [5.41, 5.74) is -0.305. The fourth-order valence-electron chi connectivity index (χ4n) is 4.42. The number of anilines is 2. The van der Waals surface area contributed by atoms with Crippen molar-refractivity contribution in [3.8, 4) is 6.07 Å². The molecule has 1 amide bonds. The predicted octanol–water partition coefficient (Wildman–Crippen LogP) is 3.12. The van der Waals surface area contributed by atoms with Crippen molar-refractivity contribution >= 4 is 22.9 Å². The van der Waals surface area contributed by atoms with E-state index in [0.717, 1.165) is 0 Å². The molecule has 4 aromatic rings. The summed E-state index contributed by atoms with van der Waals surface area (Å²) in [6.07, 6.45) is 3.53. The molecule has 5 rings (SSSR count). The molecule has 1 aliphatic rings. The van der Waals surface area contributed by atoms with Crippen LogP contribution in [0.2, 0.25) is 0 Å². The van der Waals surface area contributed by atoms with Crippen LogP contribution >= 0.6 is 0 Å². The molecular formula is C27H25F3N8O2. The van der Waals surface area contributed by atoms with Crippen LogP contribution in [0.1, 0.15) is 34.6 Å². The molecule has 5 heterocycles. The summed E-state index contributed by atoms with van der Waals surface area (Å²) in [5, 5.41) is 30.2. The highest BCUT2D eigenvalue weighted by atomic mass is 19.3. The number of nitrogens with one attached hydrogen (secondary N) is 2. The Kier molecular flexibility index (Phi) is 7.03. The van der Waals surface area contributed by atoms with Crippen LogP contribution in [-0.2, 0) is 0 Å². The normalized spacial score (nSPS) is 17.2. The average molecular weight is 551 g/mol. The van der Waals surface area contributed by atoms with Crippen LogP contribution in [0.15, 0.2) is 67.3 Å². The van der Waals surface area contributed by atoms with Gasteiger partial charge in [0, 0.05) is 18.9 Å². The van der Waals surface area contributed by atoms with Gasteiger partial charge in [-0.2, -0.15) is 10.4 Å². The molecule has 1 aliphatic heterocycles. The quantitative estimate of drug-likeness (QED) is 0.290. The Hall–Kier alpha value is -4.70. The lowest BCUT2D eigenvalue weighted by molar-refractivity contribution is -0.0268. The first-order valence-electron chi connectivity index (χ1n) is 12.3. The van der Waals surface area contributed by atoms with Gasteiger partial charge in [0.2, 0.25) is 0 Å². The number of carbonyl (C=O) groups is 1. The number of carbonyl (C=O) groups excluding carboxylic acids is 1. The molecule has 0 radical (unpaired) electrons. The highest BCUT2D eigenvalue weighted by Crippen LogP contribution is 2.32. The van der Waals surface area contributed by atoms with Gasteiger partial charge in [0.15, 0.2) is 6.17 Å². The fraction of sp³-hybridized carbons (Fsp3) is 0.296. The van der Waals surface area contributed by atoms with Gasteiger partial charge in [-0.1, -0.05) is 0 Å². The van der Waals surface area contributed by atoms with Crippen molar-refractivity contribution in [1.29, 1.82) is 5.26 Å². The van der Waals surface area contributed by atoms with Gasteiger partial charge in [-0.25, -0.2) is 22.7 Å². The molecule has 1 fully saturated rings. The maximum absolute atomic E-state index is 16.2. The summed E-state index contributed by atoms with van der Waals surface area (Å²) < 4.78 is 43.9. The Morgan fingerprint density at radius 3 is 2.67 bits per heavy atom. The zero-order valence-corrected chi connectivity index (χ0v) is 21.3. The van der Waals surface area contributed by atoms with Gasteiger partial charge < -0.3 is 20.6 Å². The molecule has 10 nitrogen and oxygen atoms in total. The molecule has 0 spiro atoms. The van der Waals surface area contributed by atoms with E-state index in [-0.39, 0.29) is 17.8 Å². The van der Waals surface area contributed by atoms with Gasteiger partial charge in [-0.15, -0.1) is 0 Å². The number of amides is 1. The molecule has 0 aliphatic carbocycles. The first-order valence-corrected chi connectivity index (χ1v) is 12.3. The number of hydrogen-bond acceptors (Lipinski definition) is 8. The number of hydrogen-bond donors (Lipinski definition) is 3. The summed E-state index contributed by atoms with van der Waals surface area (Å²) in [4.78, 5) is 22.5. The topological polar surface area (TPSA) is 131 Å². The molecule has 0 bridgehead atoms. The van der Waals surface area contributed by atoms with E-state index in [9.17, 15) is 23.9 Å². The second-order valence-electron chi connectivity index (χ2n) is 9.87. The van der Waals surface area contributed by atoms with E-state index in [1.807, 2.05) is 6.07 Å². The van der Waals surface area contributed by atoms with Crippen LogP contribution in [0.4, 0.5) is 24.7 Å². The maximum atomic E-state index is 16.2. The Morgan fingerprint density at radius 1 is 1.23 bits per heavy atom. The molecule has 0 unspecified atom stereocenters. The minimum atomic E-state index is -2.73. The van der Waals surface area contributed by atoms with Crippen molar-refractivity contribution < 1.29 is 23.1 Å². The highest BCUT2D eigenvalue weighted by Gasteiger charge is 2.44. The molecule has 206 valence electrons. The first kappa shape index (κ1) is 26.9. The molecule has 1 saturated heterocycles. The Labute approximate surface area is 227 Å². The van der Waals surface area contributed by atoms with Crippen LogP contribution in [0.25, 0.3) is 5.52 Å². The van der Waals surface area contributed by atoms with Crippen molar-refractivity contribution in [3.63, 3.8) is 0 Å². The van der Waals surface area contributed by atoms with E-state index in [1.54, 1.807) is 36.4 Å². The van der Waals surface area contributed by atoms with Crippen LogP contribution < -0.4 is 15.5 Å². The summed E-state index contributed by atoms with van der Waals surface area (Å²) >= 11 is 0. The molecule has 3 atom stereocenters. The Balaban J connectivity index is 1.36. The maximum Gasteiger partial charge on any atom is 0.282 e. The van der Waals surface area contributed by atoms with Gasteiger partial charge in [-0.05, 0) is 49.4 Å². The second-order valence-corrected chi connectivity index (χ2v) is 9.87. The third-order valence-corrected chi connectivity index (χ3v) is 6.64. The van der Waals surface area contributed by atoms with Crippen LogP contribution in [0.3, 0.4) is 0 Å². The predicted molar refractivity (Wildman–Crippen MR) is 140 cm³/mol. The number of nitriles is 1. The number of fused-ring (bicyclic) bond motifs is 1. The number of rotatable bonds is 9. The van der Waals surface area contributed by atoms with E-state index in [2.05, 4.69) is 25.7 Å². The first-order chi connectivity index (χ1) is 19.1. The van der Waals surface area contributed by atoms with Gasteiger partial charge in [0.05, 0.1) is 53.5 Å². The minimum absolute atomic E-state index is 0.198. The lowest BCUT2D eigenvalue weighted by Gasteiger charge is -2.39. The monoisotopic (exact) mass is 550 g/mol. The van der Waals surface area contributed by atoms with Gasteiger partial charge in [-0.3, -0.25) is 9.78 Å². The van der Waals surface area contributed by atoms with Gasteiger partial charge in [0.1, 0.15) is 23.5 Å². The summed E-state index contributed by atoms with van der Waals surface area (Å²) in [7, 11) is 0. The Bertz CT molecular complexity index is 1550. The largest absolute Gasteiger partial charge is 0.385 e. The molecule has 3 N–H and O–H groups in total. The standard InChI is InChI=1S/C27H25F3N8O2/c1-26(40,14-34-19-4-7-22(33-13-19)37-15-27(29,30)16-37)24(28)23(36-25(39)18-3-2-8-32-12-18)21-6-5-20-9-17(10-31)11-35-38(20)21/h2-9,11-13,23-24,34,40H,14-16H2,1H3,(H,36,39)/t23-,24-,26-/m1/s1. The van der Waals surface area contributed by atoms with Crippen LogP contribution in [-0.4, -0.2) is 67.9 Å². The molecule has 0 saturated carbocycles. The molecule has 40 heavy (non-hydrogen) atoms. The summed E-state index contributed by atoms with van der Waals surface area (Å²) in [5.74, 6) is -2.95. The third kappa shape index (κ3) is 5.52.